The van der Waals surface area contributed by atoms with E-state index in [1.54, 1.807) is 0 Å². The maximum Gasteiger partial charge on any atom is 0.647 e. The van der Waals surface area contributed by atoms with Gasteiger partial charge in [-0.25, -0.2) is 0 Å². The largest absolute Gasteiger partial charge is 0.647 e. The van der Waals surface area contributed by atoms with Crippen molar-refractivity contribution in [3.63, 3.8) is 0 Å². The fourth-order valence-corrected chi connectivity index (χ4v) is 5.03. The second-order valence-corrected chi connectivity index (χ2v) is 9.38. The standard InChI is InChI=1S/C25H29O4P/c1-16-11-12-18(3)23(15-16)27-30(26,28-24-19(4)9-8-10-20(24)5)29-25-21(6)13-17(2)14-22(25)7/h8-15H,1-7H3. The molecule has 3 aromatic rings. The minimum atomic E-state index is -4.05. The van der Waals surface area contributed by atoms with E-state index in [1.165, 1.54) is 0 Å². The van der Waals surface area contributed by atoms with E-state index in [0.717, 1.165) is 38.9 Å². The normalized spacial score (nSPS) is 12.9. The van der Waals surface area contributed by atoms with Gasteiger partial charge in [0.1, 0.15) is 17.2 Å². The van der Waals surface area contributed by atoms with E-state index in [0.29, 0.717) is 17.2 Å². The molecule has 158 valence electrons. The first kappa shape index (κ1) is 22.0. The average Bonchev–Trinajstić information content (AvgIpc) is 2.65. The molecule has 0 aliphatic heterocycles. The van der Waals surface area contributed by atoms with Crippen LogP contribution in [-0.2, 0) is 4.57 Å². The number of rotatable bonds is 6. The molecule has 0 spiro atoms. The molecule has 0 fully saturated rings. The van der Waals surface area contributed by atoms with Crippen LogP contribution in [0.4, 0.5) is 0 Å². The fraction of sp³-hybridized carbons (Fsp3) is 0.280. The summed E-state index contributed by atoms with van der Waals surface area (Å²) in [6.07, 6.45) is 0. The molecule has 0 heterocycles. The molecular formula is C25H29O4P. The fourth-order valence-electron chi connectivity index (χ4n) is 3.46. The Balaban J connectivity index is 2.08. The Morgan fingerprint density at radius 1 is 0.567 bits per heavy atom. The van der Waals surface area contributed by atoms with Crippen LogP contribution in [0.5, 0.6) is 17.2 Å². The SMILES string of the molecule is Cc1cc(C)c(OP(=O)(Oc2cc(C)ccc2C)Oc2c(C)cccc2C)c(C)c1. The molecule has 0 aliphatic carbocycles. The minimum Gasteiger partial charge on any atom is -0.386 e. The van der Waals surface area contributed by atoms with E-state index < -0.39 is 7.82 Å². The van der Waals surface area contributed by atoms with Crippen LogP contribution in [0.15, 0.2) is 48.5 Å². The Labute approximate surface area is 179 Å². The average molecular weight is 424 g/mol. The second-order valence-electron chi connectivity index (χ2n) is 7.94. The molecule has 0 saturated heterocycles. The molecular weight excluding hydrogens is 395 g/mol. The van der Waals surface area contributed by atoms with Crippen molar-refractivity contribution in [2.24, 2.45) is 0 Å². The zero-order chi connectivity index (χ0) is 22.1. The third-order valence-electron chi connectivity index (χ3n) is 4.97. The van der Waals surface area contributed by atoms with Crippen molar-refractivity contribution in [1.82, 2.24) is 0 Å². The van der Waals surface area contributed by atoms with Gasteiger partial charge < -0.3 is 13.6 Å². The van der Waals surface area contributed by atoms with E-state index in [-0.39, 0.29) is 0 Å². The number of phosphoric ester groups is 1. The molecule has 1 atom stereocenters. The molecule has 0 saturated carbocycles. The van der Waals surface area contributed by atoms with Gasteiger partial charge in [0.05, 0.1) is 0 Å². The van der Waals surface area contributed by atoms with Gasteiger partial charge in [-0.3, -0.25) is 0 Å². The van der Waals surface area contributed by atoms with Gasteiger partial charge in [0.25, 0.3) is 0 Å². The Bertz CT molecular complexity index is 1090. The molecule has 1 unspecified atom stereocenters. The lowest BCUT2D eigenvalue weighted by atomic mass is 10.1. The van der Waals surface area contributed by atoms with E-state index in [9.17, 15) is 4.57 Å². The van der Waals surface area contributed by atoms with Gasteiger partial charge in [0.15, 0.2) is 0 Å². The summed E-state index contributed by atoms with van der Waals surface area (Å²) in [5.74, 6) is 1.50. The Morgan fingerprint density at radius 2 is 1.10 bits per heavy atom. The molecule has 0 N–H and O–H groups in total. The predicted molar refractivity (Wildman–Crippen MR) is 122 cm³/mol. The van der Waals surface area contributed by atoms with Crippen LogP contribution in [0.2, 0.25) is 0 Å². The summed E-state index contributed by atoms with van der Waals surface area (Å²) in [5.41, 5.74) is 6.44. The van der Waals surface area contributed by atoms with Crippen LogP contribution >= 0.6 is 7.82 Å². The predicted octanol–water partition coefficient (Wildman–Crippen LogP) is 7.49. The Morgan fingerprint density at radius 3 is 1.67 bits per heavy atom. The number of para-hydroxylation sites is 1. The van der Waals surface area contributed by atoms with Crippen molar-refractivity contribution in [3.05, 3.63) is 87.5 Å². The van der Waals surface area contributed by atoms with Crippen LogP contribution in [0.25, 0.3) is 0 Å². The van der Waals surface area contributed by atoms with Crippen molar-refractivity contribution >= 4 is 7.82 Å². The minimum absolute atomic E-state index is 0.479. The van der Waals surface area contributed by atoms with Crippen molar-refractivity contribution < 1.29 is 18.1 Å². The monoisotopic (exact) mass is 424 g/mol. The van der Waals surface area contributed by atoms with Gasteiger partial charge in [-0.1, -0.05) is 48.0 Å². The van der Waals surface area contributed by atoms with Crippen molar-refractivity contribution in [1.29, 1.82) is 0 Å². The number of phosphoric acid groups is 1. The number of benzene rings is 3. The van der Waals surface area contributed by atoms with Gasteiger partial charge >= 0.3 is 7.82 Å². The molecule has 5 heteroatoms. The highest BCUT2D eigenvalue weighted by atomic mass is 31.2. The van der Waals surface area contributed by atoms with E-state index in [1.807, 2.05) is 97.0 Å². The summed E-state index contributed by atoms with van der Waals surface area (Å²) < 4.78 is 32.1. The summed E-state index contributed by atoms with van der Waals surface area (Å²) in [4.78, 5) is 0. The van der Waals surface area contributed by atoms with Crippen LogP contribution in [0.3, 0.4) is 0 Å². The molecule has 4 nitrogen and oxygen atoms in total. The van der Waals surface area contributed by atoms with Crippen molar-refractivity contribution in [3.8, 4) is 17.2 Å². The second kappa shape index (κ2) is 8.57. The quantitative estimate of drug-likeness (QED) is 0.385. The van der Waals surface area contributed by atoms with Crippen molar-refractivity contribution in [2.45, 2.75) is 48.5 Å². The van der Waals surface area contributed by atoms with Crippen LogP contribution in [0, 0.1) is 48.5 Å². The lowest BCUT2D eigenvalue weighted by Crippen LogP contribution is -2.11. The summed E-state index contributed by atoms with van der Waals surface area (Å²) in [5, 5.41) is 0. The summed E-state index contributed by atoms with van der Waals surface area (Å²) in [6.45, 7) is 13.6. The molecule has 0 aromatic heterocycles. The van der Waals surface area contributed by atoms with E-state index in [4.69, 9.17) is 13.6 Å². The van der Waals surface area contributed by atoms with Gasteiger partial charge in [-0.05, 0) is 87.9 Å². The zero-order valence-electron chi connectivity index (χ0n) is 18.7. The summed E-state index contributed by atoms with van der Waals surface area (Å²) in [7, 11) is -4.05. The zero-order valence-corrected chi connectivity index (χ0v) is 19.6. The molecule has 3 aromatic carbocycles. The Kier molecular flexibility index (Phi) is 6.28. The van der Waals surface area contributed by atoms with Gasteiger partial charge in [0.2, 0.25) is 0 Å². The Hall–Kier alpha value is -2.71. The summed E-state index contributed by atoms with van der Waals surface area (Å²) in [6, 6.07) is 15.5. The van der Waals surface area contributed by atoms with E-state index >= 15 is 0 Å². The van der Waals surface area contributed by atoms with Gasteiger partial charge in [-0.15, -0.1) is 0 Å². The van der Waals surface area contributed by atoms with Crippen LogP contribution in [0.1, 0.15) is 38.9 Å². The highest BCUT2D eigenvalue weighted by molar-refractivity contribution is 7.49. The smallest absolute Gasteiger partial charge is 0.386 e. The number of hydrogen-bond donors (Lipinski definition) is 0. The highest BCUT2D eigenvalue weighted by Gasteiger charge is 2.36. The third kappa shape index (κ3) is 4.88. The number of aryl methyl sites for hydroxylation is 7. The summed E-state index contributed by atoms with van der Waals surface area (Å²) >= 11 is 0. The maximum atomic E-state index is 14.0. The van der Waals surface area contributed by atoms with Crippen LogP contribution < -0.4 is 13.6 Å². The lowest BCUT2D eigenvalue weighted by Gasteiger charge is -2.24. The molecule has 30 heavy (non-hydrogen) atoms. The first-order valence-corrected chi connectivity index (χ1v) is 11.4. The first-order chi connectivity index (χ1) is 14.1. The topological polar surface area (TPSA) is 44.8 Å². The highest BCUT2D eigenvalue weighted by Crippen LogP contribution is 2.52. The molecule has 0 bridgehead atoms. The van der Waals surface area contributed by atoms with Crippen LogP contribution in [-0.4, -0.2) is 0 Å². The van der Waals surface area contributed by atoms with Gasteiger partial charge in [-0.2, -0.15) is 4.57 Å². The first-order valence-electron chi connectivity index (χ1n) is 9.98. The third-order valence-corrected chi connectivity index (χ3v) is 6.21. The van der Waals surface area contributed by atoms with Crippen molar-refractivity contribution in [2.75, 3.05) is 0 Å². The molecule has 0 amide bonds. The number of hydrogen-bond acceptors (Lipinski definition) is 4. The molecule has 3 rings (SSSR count). The lowest BCUT2D eigenvalue weighted by molar-refractivity contribution is 0.295. The maximum absolute atomic E-state index is 14.0. The van der Waals surface area contributed by atoms with Gasteiger partial charge in [0, 0.05) is 0 Å². The van der Waals surface area contributed by atoms with E-state index in [2.05, 4.69) is 0 Å². The molecule has 0 aliphatic rings. The molecule has 0 radical (unpaired) electrons.